The summed E-state index contributed by atoms with van der Waals surface area (Å²) < 4.78 is 38.8. The van der Waals surface area contributed by atoms with Gasteiger partial charge in [-0.15, -0.1) is 0 Å². The van der Waals surface area contributed by atoms with E-state index >= 15 is 0 Å². The van der Waals surface area contributed by atoms with E-state index in [9.17, 15) is 18.0 Å². The predicted molar refractivity (Wildman–Crippen MR) is 151 cm³/mol. The Balaban J connectivity index is 0.00000141. The molecular weight excluding hydrogens is 521 g/mol. The molecule has 0 unspecified atom stereocenters. The van der Waals surface area contributed by atoms with Crippen molar-refractivity contribution in [1.82, 2.24) is 9.88 Å². The molecule has 40 heavy (non-hydrogen) atoms. The van der Waals surface area contributed by atoms with Crippen LogP contribution in [0.4, 0.5) is 24.7 Å². The van der Waals surface area contributed by atoms with Crippen LogP contribution < -0.4 is 10.2 Å². The quantitative estimate of drug-likeness (QED) is 0.365. The fourth-order valence-corrected chi connectivity index (χ4v) is 4.64. The molecule has 2 N–H and O–H groups in total. The zero-order chi connectivity index (χ0) is 29.5. The first-order valence-electron chi connectivity index (χ1n) is 13.0. The second kappa shape index (κ2) is 13.0. The summed E-state index contributed by atoms with van der Waals surface area (Å²) in [6, 6.07) is 14.1. The molecule has 1 aliphatic rings. The van der Waals surface area contributed by atoms with Gasteiger partial charge in [0.1, 0.15) is 5.82 Å². The number of nitrogens with one attached hydrogen (secondary N) is 1. The van der Waals surface area contributed by atoms with E-state index < -0.39 is 11.7 Å². The summed E-state index contributed by atoms with van der Waals surface area (Å²) in [6.45, 7) is 12.1. The predicted octanol–water partition coefficient (Wildman–Crippen LogP) is 6.34. The summed E-state index contributed by atoms with van der Waals surface area (Å²) in [7, 11) is 0. The first-order valence-corrected chi connectivity index (χ1v) is 13.0. The van der Waals surface area contributed by atoms with Gasteiger partial charge in [0.05, 0.1) is 11.1 Å². The van der Waals surface area contributed by atoms with E-state index in [4.69, 9.17) is 9.90 Å². The summed E-state index contributed by atoms with van der Waals surface area (Å²) in [5.41, 5.74) is 2.65. The Kier molecular flexibility index (Phi) is 9.92. The highest BCUT2D eigenvalue weighted by molar-refractivity contribution is 6.05. The fourth-order valence-electron chi connectivity index (χ4n) is 4.64. The highest BCUT2D eigenvalue weighted by atomic mass is 19.4. The van der Waals surface area contributed by atoms with Crippen molar-refractivity contribution < 1.29 is 27.9 Å². The number of amides is 1. The van der Waals surface area contributed by atoms with Gasteiger partial charge in [-0.2, -0.15) is 13.2 Å². The van der Waals surface area contributed by atoms with E-state index in [0.29, 0.717) is 16.8 Å². The summed E-state index contributed by atoms with van der Waals surface area (Å²) in [4.78, 5) is 30.6. The molecule has 2 heterocycles. The molecule has 4 rings (SSSR count). The van der Waals surface area contributed by atoms with Gasteiger partial charge in [0.2, 0.25) is 0 Å². The number of carboxylic acid groups (broad SMARTS) is 1. The number of carbonyl (C=O) groups excluding carboxylic acids is 1. The Morgan fingerprint density at radius 1 is 0.975 bits per heavy atom. The van der Waals surface area contributed by atoms with Crippen molar-refractivity contribution in [3.63, 3.8) is 0 Å². The van der Waals surface area contributed by atoms with Gasteiger partial charge < -0.3 is 15.3 Å². The van der Waals surface area contributed by atoms with Crippen LogP contribution in [-0.2, 0) is 11.0 Å². The third-order valence-electron chi connectivity index (χ3n) is 6.88. The molecule has 0 bridgehead atoms. The van der Waals surface area contributed by atoms with Crippen LogP contribution in [0.1, 0.15) is 48.7 Å². The number of carbonyl (C=O) groups is 2. The molecular formula is C30H35F3N4O3. The summed E-state index contributed by atoms with van der Waals surface area (Å²) in [6.07, 6.45) is -1.74. The van der Waals surface area contributed by atoms with Crippen LogP contribution in [0.25, 0.3) is 11.1 Å². The number of halogens is 3. The Hall–Kier alpha value is -3.92. The maximum atomic E-state index is 13.0. The molecule has 10 heteroatoms. The topological polar surface area (TPSA) is 85.8 Å². The summed E-state index contributed by atoms with van der Waals surface area (Å²) in [5.74, 6) is 0.564. The minimum atomic E-state index is -4.38. The summed E-state index contributed by atoms with van der Waals surface area (Å²) >= 11 is 0. The lowest BCUT2D eigenvalue weighted by molar-refractivity contribution is -0.137. The number of rotatable bonds is 4. The molecule has 0 radical (unpaired) electrons. The molecule has 1 aliphatic heterocycles. The number of hydrogen-bond acceptors (Lipinski definition) is 5. The standard InChI is InChI=1S/C29H33F3N4O.CH2O2/c1-20-24(21-9-12-23(13-10-21)29(30,31)32)7-5-8-25(20)34-27(37)22-11-14-26(33-19-22)35-15-6-16-36(18-17-35)28(2,3)4;2-1-3/h5,7-14,19H,6,15-18H2,1-4H3,(H,34,37);1H,(H,2,3). The lowest BCUT2D eigenvalue weighted by atomic mass is 9.98. The van der Waals surface area contributed by atoms with E-state index in [1.807, 2.05) is 19.1 Å². The number of alkyl halides is 3. The number of hydrogen-bond donors (Lipinski definition) is 2. The van der Waals surface area contributed by atoms with E-state index in [2.05, 4.69) is 40.9 Å². The highest BCUT2D eigenvalue weighted by Crippen LogP contribution is 2.33. The van der Waals surface area contributed by atoms with Gasteiger partial charge in [0, 0.05) is 43.6 Å². The second-order valence-corrected chi connectivity index (χ2v) is 10.5. The van der Waals surface area contributed by atoms with Crippen LogP contribution in [0, 0.1) is 6.92 Å². The minimum Gasteiger partial charge on any atom is -0.483 e. The number of aromatic nitrogens is 1. The van der Waals surface area contributed by atoms with Gasteiger partial charge >= 0.3 is 6.18 Å². The Morgan fingerprint density at radius 2 is 1.65 bits per heavy atom. The molecule has 2 aromatic carbocycles. The number of anilines is 2. The Bertz CT molecular complexity index is 1290. The van der Waals surface area contributed by atoms with Crippen molar-refractivity contribution in [1.29, 1.82) is 0 Å². The van der Waals surface area contributed by atoms with Crippen molar-refractivity contribution in [2.24, 2.45) is 0 Å². The second-order valence-electron chi connectivity index (χ2n) is 10.5. The molecule has 1 amide bonds. The molecule has 0 atom stereocenters. The smallest absolute Gasteiger partial charge is 0.416 e. The van der Waals surface area contributed by atoms with Crippen molar-refractivity contribution in [2.75, 3.05) is 36.4 Å². The van der Waals surface area contributed by atoms with E-state index in [0.717, 1.165) is 61.7 Å². The average Bonchev–Trinajstić information content (AvgIpc) is 3.17. The lowest BCUT2D eigenvalue weighted by Gasteiger charge is -2.34. The van der Waals surface area contributed by atoms with Crippen LogP contribution in [0.15, 0.2) is 60.8 Å². The van der Waals surface area contributed by atoms with Gasteiger partial charge in [0.15, 0.2) is 0 Å². The minimum absolute atomic E-state index is 0.132. The number of benzene rings is 2. The Labute approximate surface area is 232 Å². The SMILES string of the molecule is Cc1c(NC(=O)c2ccc(N3CCCN(C(C)(C)C)CC3)nc2)cccc1-c1ccc(C(F)(F)F)cc1.O=CO. The number of pyridine rings is 1. The van der Waals surface area contributed by atoms with Crippen LogP contribution in [0.3, 0.4) is 0 Å². The maximum absolute atomic E-state index is 13.0. The normalized spacial score (nSPS) is 14.5. The zero-order valence-electron chi connectivity index (χ0n) is 23.1. The van der Waals surface area contributed by atoms with Gasteiger partial charge in [-0.05, 0) is 81.1 Å². The Morgan fingerprint density at radius 3 is 2.23 bits per heavy atom. The molecule has 7 nitrogen and oxygen atoms in total. The fraction of sp³-hybridized carbons (Fsp3) is 0.367. The van der Waals surface area contributed by atoms with Crippen LogP contribution in [0.2, 0.25) is 0 Å². The van der Waals surface area contributed by atoms with Crippen molar-refractivity contribution in [3.05, 3.63) is 77.5 Å². The molecule has 1 fully saturated rings. The molecule has 3 aromatic rings. The average molecular weight is 557 g/mol. The van der Waals surface area contributed by atoms with E-state index in [1.54, 1.807) is 24.4 Å². The van der Waals surface area contributed by atoms with Gasteiger partial charge in [0.25, 0.3) is 12.4 Å². The van der Waals surface area contributed by atoms with Gasteiger partial charge in [-0.1, -0.05) is 24.3 Å². The summed E-state index contributed by atoms with van der Waals surface area (Å²) in [5, 5.41) is 9.81. The van der Waals surface area contributed by atoms with Crippen LogP contribution in [-0.4, -0.2) is 59.1 Å². The first kappa shape index (κ1) is 30.6. The van der Waals surface area contributed by atoms with Crippen molar-refractivity contribution in [3.8, 4) is 11.1 Å². The molecule has 0 saturated carbocycles. The van der Waals surface area contributed by atoms with Crippen molar-refractivity contribution in [2.45, 2.75) is 45.8 Å². The lowest BCUT2D eigenvalue weighted by Crippen LogP contribution is -2.43. The van der Waals surface area contributed by atoms with Crippen LogP contribution >= 0.6 is 0 Å². The molecule has 1 aromatic heterocycles. The maximum Gasteiger partial charge on any atom is 0.416 e. The monoisotopic (exact) mass is 556 g/mol. The third-order valence-corrected chi connectivity index (χ3v) is 6.88. The van der Waals surface area contributed by atoms with E-state index in [-0.39, 0.29) is 17.9 Å². The molecule has 214 valence electrons. The molecule has 0 aliphatic carbocycles. The molecule has 0 spiro atoms. The van der Waals surface area contributed by atoms with Crippen LogP contribution in [0.5, 0.6) is 0 Å². The molecule has 1 saturated heterocycles. The highest BCUT2D eigenvalue weighted by Gasteiger charge is 2.30. The zero-order valence-corrected chi connectivity index (χ0v) is 23.1. The van der Waals surface area contributed by atoms with Crippen molar-refractivity contribution >= 4 is 23.9 Å². The van der Waals surface area contributed by atoms with Gasteiger partial charge in [-0.25, -0.2) is 4.98 Å². The first-order chi connectivity index (χ1) is 18.8. The third kappa shape index (κ3) is 7.81. The number of nitrogens with zero attached hydrogens (tertiary/aromatic N) is 3. The largest absolute Gasteiger partial charge is 0.483 e. The van der Waals surface area contributed by atoms with E-state index in [1.165, 1.54) is 12.1 Å². The van der Waals surface area contributed by atoms with Gasteiger partial charge in [-0.3, -0.25) is 14.5 Å².